The van der Waals surface area contributed by atoms with Gasteiger partial charge in [-0.3, -0.25) is 9.59 Å². The number of halogens is 6. The predicted octanol–water partition coefficient (Wildman–Crippen LogP) is 3.29. The monoisotopic (exact) mass is 522 g/mol. The molecule has 1 aromatic carbocycles. The molecular weight excluding hydrogens is 517 g/mol. The van der Waals surface area contributed by atoms with Gasteiger partial charge in [0.25, 0.3) is 0 Å². The minimum Gasteiger partial charge on any atom is -0.274 e. The van der Waals surface area contributed by atoms with Gasteiger partial charge in [-0.25, -0.2) is 18.5 Å². The first kappa shape index (κ1) is 21.0. The van der Waals surface area contributed by atoms with Gasteiger partial charge in [-0.15, -0.1) is 23.2 Å². The zero-order chi connectivity index (χ0) is 21.0. The summed E-state index contributed by atoms with van der Waals surface area (Å²) in [5, 5.41) is 4.67. The Bertz CT molecular complexity index is 1040. The summed E-state index contributed by atoms with van der Waals surface area (Å²) < 4.78 is 20.8. The van der Waals surface area contributed by atoms with E-state index in [4.69, 9.17) is 74.7 Å². The molecule has 1 saturated carbocycles. The Morgan fingerprint density at radius 3 is 1.61 bits per heavy atom. The lowest BCUT2D eigenvalue weighted by molar-refractivity contribution is -0.123. The lowest BCUT2D eigenvalue weighted by Crippen LogP contribution is -2.50. The molecule has 28 heavy (non-hydrogen) atoms. The second-order valence-electron chi connectivity index (χ2n) is 6.63. The van der Waals surface area contributed by atoms with E-state index in [1.165, 1.54) is 12.1 Å². The van der Waals surface area contributed by atoms with Crippen LogP contribution in [0.2, 0.25) is 0 Å². The molecule has 2 N–H and O–H groups in total. The Morgan fingerprint density at radius 1 is 0.857 bits per heavy atom. The van der Waals surface area contributed by atoms with Crippen molar-refractivity contribution in [1.29, 1.82) is 0 Å². The van der Waals surface area contributed by atoms with Gasteiger partial charge in [0, 0.05) is 0 Å². The van der Waals surface area contributed by atoms with E-state index in [-0.39, 0.29) is 20.6 Å². The number of allylic oxidation sites excluding steroid dienone is 2. The molecule has 1 aliphatic heterocycles. The zero-order valence-corrected chi connectivity index (χ0v) is 18.6. The summed E-state index contributed by atoms with van der Waals surface area (Å²) in [5.41, 5.74) is 0.0960. The van der Waals surface area contributed by atoms with Crippen LogP contribution in [0.25, 0.3) is 0 Å². The average molecular weight is 525 g/mol. The number of hydrogen-bond donors (Lipinski definition) is 1. The maximum absolute atomic E-state index is 13.1. The lowest BCUT2D eigenvalue weighted by atomic mass is 9.84. The quantitative estimate of drug-likeness (QED) is 0.474. The number of benzene rings is 1. The van der Waals surface area contributed by atoms with Gasteiger partial charge in [-0.1, -0.05) is 46.4 Å². The zero-order valence-electron chi connectivity index (χ0n) is 13.3. The molecule has 0 unspecified atom stereocenters. The number of rotatable bonds is 2. The van der Waals surface area contributed by atoms with E-state index in [1.807, 2.05) is 0 Å². The molecule has 3 aliphatic rings. The van der Waals surface area contributed by atoms with E-state index in [0.29, 0.717) is 0 Å². The Hall–Kier alpha value is -0.250. The van der Waals surface area contributed by atoms with Crippen LogP contribution in [0.1, 0.15) is 0 Å². The summed E-state index contributed by atoms with van der Waals surface area (Å²) in [5.74, 6) is -3.99. The highest BCUT2D eigenvalue weighted by molar-refractivity contribution is 7.89. The fourth-order valence-corrected chi connectivity index (χ4v) is 7.48. The number of carbonyl (C=O) groups is 2. The Labute approximate surface area is 189 Å². The molecule has 150 valence electrons. The highest BCUT2D eigenvalue weighted by Crippen LogP contribution is 2.77. The predicted molar refractivity (Wildman–Crippen MR) is 108 cm³/mol. The molecule has 6 nitrogen and oxygen atoms in total. The SMILES string of the molecule is NS(=O)(=O)c1ccc(N2C(=O)[C@@H]3[C@H](C2=O)[C@]2(Cl)C(Cl)=C(Cl)[C@]3(Cl)C2(Cl)Cl)cc1. The Kier molecular flexibility index (Phi) is 4.44. The van der Waals surface area contributed by atoms with Gasteiger partial charge in [0.2, 0.25) is 21.8 Å². The number of hydrogen-bond acceptors (Lipinski definition) is 4. The molecule has 2 fully saturated rings. The average Bonchev–Trinajstić information content (AvgIpc) is 2.99. The molecule has 1 saturated heterocycles. The van der Waals surface area contributed by atoms with Crippen molar-refractivity contribution >= 4 is 97.1 Å². The molecule has 0 radical (unpaired) electrons. The molecule has 1 heterocycles. The van der Waals surface area contributed by atoms with Crippen LogP contribution in [0.4, 0.5) is 5.69 Å². The fraction of sp³-hybridized carbons (Fsp3) is 0.333. The minimum absolute atomic E-state index is 0.0960. The number of imide groups is 1. The van der Waals surface area contributed by atoms with E-state index in [0.717, 1.165) is 17.0 Å². The molecule has 2 aliphatic carbocycles. The van der Waals surface area contributed by atoms with Crippen molar-refractivity contribution in [3.05, 3.63) is 34.3 Å². The number of primary sulfonamides is 1. The highest BCUT2D eigenvalue weighted by atomic mass is 35.5. The maximum atomic E-state index is 13.1. The van der Waals surface area contributed by atoms with Gasteiger partial charge in [0.15, 0.2) is 4.33 Å². The third-order valence-corrected chi connectivity index (χ3v) is 10.5. The van der Waals surface area contributed by atoms with Gasteiger partial charge in [0.1, 0.15) is 9.75 Å². The van der Waals surface area contributed by atoms with Crippen LogP contribution in [0.15, 0.2) is 39.2 Å². The van der Waals surface area contributed by atoms with Gasteiger partial charge in [-0.05, 0) is 24.3 Å². The van der Waals surface area contributed by atoms with Crippen molar-refractivity contribution in [2.24, 2.45) is 17.0 Å². The van der Waals surface area contributed by atoms with Crippen LogP contribution < -0.4 is 10.0 Å². The summed E-state index contributed by atoms with van der Waals surface area (Å²) in [6.07, 6.45) is 0. The van der Waals surface area contributed by atoms with E-state index >= 15 is 0 Å². The molecule has 0 spiro atoms. The van der Waals surface area contributed by atoms with E-state index in [2.05, 4.69) is 0 Å². The van der Waals surface area contributed by atoms with Crippen LogP contribution >= 0.6 is 69.6 Å². The number of alkyl halides is 4. The molecule has 2 bridgehead atoms. The van der Waals surface area contributed by atoms with Crippen molar-refractivity contribution in [2.75, 3.05) is 4.90 Å². The van der Waals surface area contributed by atoms with Crippen LogP contribution in [0.3, 0.4) is 0 Å². The van der Waals surface area contributed by atoms with E-state index < -0.39 is 47.8 Å². The smallest absolute Gasteiger partial charge is 0.240 e. The molecule has 13 heteroatoms. The molecule has 0 aromatic heterocycles. The van der Waals surface area contributed by atoms with Crippen LogP contribution in [0.5, 0.6) is 0 Å². The van der Waals surface area contributed by atoms with Crippen molar-refractivity contribution in [3.63, 3.8) is 0 Å². The minimum atomic E-state index is -3.95. The summed E-state index contributed by atoms with van der Waals surface area (Å²) in [6, 6.07) is 4.83. The van der Waals surface area contributed by atoms with Gasteiger partial charge in [0.05, 0.1) is 32.5 Å². The fourth-order valence-electron chi connectivity index (χ4n) is 4.03. The Balaban J connectivity index is 1.84. The van der Waals surface area contributed by atoms with Crippen molar-refractivity contribution in [1.82, 2.24) is 0 Å². The number of anilines is 1. The first-order valence-corrected chi connectivity index (χ1v) is 11.4. The number of carbonyl (C=O) groups excluding carboxylic acids is 2. The number of nitrogens with zero attached hydrogens (tertiary/aromatic N) is 1. The van der Waals surface area contributed by atoms with Crippen molar-refractivity contribution < 1.29 is 18.0 Å². The summed E-state index contributed by atoms with van der Waals surface area (Å²) in [7, 11) is -3.95. The molecule has 1 aromatic rings. The number of nitrogens with two attached hydrogens (primary N) is 1. The molecule has 4 atom stereocenters. The summed E-state index contributed by atoms with van der Waals surface area (Å²) in [4.78, 5) is 23.1. The second kappa shape index (κ2) is 5.92. The van der Waals surface area contributed by atoms with Gasteiger partial charge < -0.3 is 0 Å². The number of sulfonamides is 1. The summed E-state index contributed by atoms with van der Waals surface area (Å²) in [6.45, 7) is 0. The Morgan fingerprint density at radius 2 is 1.25 bits per heavy atom. The topological polar surface area (TPSA) is 97.5 Å². The van der Waals surface area contributed by atoms with Crippen LogP contribution in [-0.4, -0.2) is 34.3 Å². The molecule has 4 rings (SSSR count). The highest BCUT2D eigenvalue weighted by Gasteiger charge is 2.87. The van der Waals surface area contributed by atoms with Gasteiger partial charge in [-0.2, -0.15) is 0 Å². The second-order valence-corrected chi connectivity index (χ2v) is 11.5. The third kappa shape index (κ3) is 2.15. The van der Waals surface area contributed by atoms with E-state index in [9.17, 15) is 18.0 Å². The summed E-state index contributed by atoms with van der Waals surface area (Å²) >= 11 is 38.4. The van der Waals surface area contributed by atoms with Crippen molar-refractivity contribution in [3.8, 4) is 0 Å². The molecular formula is C15H8Cl6N2O4S. The van der Waals surface area contributed by atoms with E-state index in [1.54, 1.807) is 0 Å². The van der Waals surface area contributed by atoms with Gasteiger partial charge >= 0.3 is 0 Å². The molecule has 2 amide bonds. The van der Waals surface area contributed by atoms with Crippen LogP contribution in [0, 0.1) is 11.8 Å². The standard InChI is InChI=1S/C15H8Cl6N2O4S/c16-9-10(17)14(19)8-7(13(9,18)15(14,20)21)11(24)23(12(8)25)5-1-3-6(4-2-5)28(22,26)27/h1-4,7-8H,(H2,22,26,27)/t7-,8+,13-,14-/m0/s1. The third-order valence-electron chi connectivity index (χ3n) is 5.33. The maximum Gasteiger partial charge on any atom is 0.240 e. The van der Waals surface area contributed by atoms with Crippen LogP contribution in [-0.2, 0) is 19.6 Å². The first-order chi connectivity index (χ1) is 12.7. The lowest BCUT2D eigenvalue weighted by Gasteiger charge is -2.34. The largest absolute Gasteiger partial charge is 0.274 e. The normalized spacial score (nSPS) is 36.5. The number of amides is 2. The van der Waals surface area contributed by atoms with Crippen molar-refractivity contribution in [2.45, 2.75) is 19.0 Å². The number of fused-ring (bicyclic) bond motifs is 5. The first-order valence-electron chi connectivity index (χ1n) is 7.55.